The van der Waals surface area contributed by atoms with Crippen LogP contribution in [-0.4, -0.2) is 11.1 Å². The number of hydrogen-bond acceptors (Lipinski definition) is 3. The predicted octanol–water partition coefficient (Wildman–Crippen LogP) is 4.64. The fourth-order valence-electron chi connectivity index (χ4n) is 1.31. The van der Waals surface area contributed by atoms with Gasteiger partial charge >= 0.3 is 5.97 Å². The van der Waals surface area contributed by atoms with Gasteiger partial charge in [-0.1, -0.05) is 22.0 Å². The molecular formula is C12H8BrFO2S2. The number of carboxylic acids is 1. The van der Waals surface area contributed by atoms with Crippen LogP contribution in [0.4, 0.5) is 4.39 Å². The molecule has 0 fully saturated rings. The molecule has 1 aromatic carbocycles. The van der Waals surface area contributed by atoms with Gasteiger partial charge < -0.3 is 5.11 Å². The molecule has 0 radical (unpaired) electrons. The van der Waals surface area contributed by atoms with E-state index in [0.29, 0.717) is 20.7 Å². The summed E-state index contributed by atoms with van der Waals surface area (Å²) in [7, 11) is 0. The molecule has 2 nitrogen and oxygen atoms in total. The highest BCUT2D eigenvalue weighted by atomic mass is 79.9. The molecule has 6 heteroatoms. The number of hydrogen-bond donors (Lipinski definition) is 1. The SMILES string of the molecule is O=C(O)c1cc(SCc2ccc(Br)cc2F)cs1. The van der Waals surface area contributed by atoms with Crippen molar-refractivity contribution in [1.82, 2.24) is 0 Å². The van der Waals surface area contributed by atoms with Crippen LogP contribution < -0.4 is 0 Å². The fourth-order valence-corrected chi connectivity index (χ4v) is 3.50. The third-order valence-corrected chi connectivity index (χ3v) is 4.78. The lowest BCUT2D eigenvalue weighted by atomic mass is 10.2. The van der Waals surface area contributed by atoms with E-state index in [4.69, 9.17) is 5.11 Å². The van der Waals surface area contributed by atoms with Crippen LogP contribution in [0.15, 0.2) is 39.0 Å². The minimum absolute atomic E-state index is 0.259. The molecule has 0 amide bonds. The highest BCUT2D eigenvalue weighted by Gasteiger charge is 2.08. The number of thioether (sulfide) groups is 1. The van der Waals surface area contributed by atoms with E-state index in [9.17, 15) is 9.18 Å². The summed E-state index contributed by atoms with van der Waals surface area (Å²) >= 11 is 5.80. The van der Waals surface area contributed by atoms with Crippen LogP contribution in [0.3, 0.4) is 0 Å². The van der Waals surface area contributed by atoms with Crippen LogP contribution in [0.5, 0.6) is 0 Å². The Hall–Kier alpha value is -0.850. The third-order valence-electron chi connectivity index (χ3n) is 2.20. The maximum Gasteiger partial charge on any atom is 0.345 e. The molecule has 0 spiro atoms. The monoisotopic (exact) mass is 346 g/mol. The van der Waals surface area contributed by atoms with Gasteiger partial charge in [-0.2, -0.15) is 0 Å². The van der Waals surface area contributed by atoms with Gasteiger partial charge in [0.2, 0.25) is 0 Å². The Balaban J connectivity index is 2.04. The summed E-state index contributed by atoms with van der Waals surface area (Å²) in [6.07, 6.45) is 0. The van der Waals surface area contributed by atoms with E-state index < -0.39 is 5.97 Å². The van der Waals surface area contributed by atoms with E-state index in [2.05, 4.69) is 15.9 Å². The molecule has 94 valence electrons. The predicted molar refractivity (Wildman–Crippen MR) is 74.9 cm³/mol. The minimum Gasteiger partial charge on any atom is -0.477 e. The van der Waals surface area contributed by atoms with Crippen LogP contribution in [0, 0.1) is 5.82 Å². The number of rotatable bonds is 4. The van der Waals surface area contributed by atoms with Gasteiger partial charge in [-0.3, -0.25) is 0 Å². The topological polar surface area (TPSA) is 37.3 Å². The molecule has 0 aliphatic carbocycles. The molecule has 0 saturated heterocycles. The number of aromatic carboxylic acids is 1. The second-order valence-corrected chi connectivity index (χ2v) is 6.35. The van der Waals surface area contributed by atoms with Crippen molar-refractivity contribution in [3.63, 3.8) is 0 Å². The van der Waals surface area contributed by atoms with Crippen LogP contribution >= 0.6 is 39.0 Å². The first-order valence-corrected chi connectivity index (χ1v) is 7.60. The fraction of sp³-hybridized carbons (Fsp3) is 0.0833. The van der Waals surface area contributed by atoms with Gasteiger partial charge in [0.15, 0.2) is 0 Å². The summed E-state index contributed by atoms with van der Waals surface area (Å²) in [5, 5.41) is 10.6. The average Bonchev–Trinajstić information content (AvgIpc) is 2.76. The molecule has 0 aliphatic rings. The van der Waals surface area contributed by atoms with Crippen molar-refractivity contribution in [2.75, 3.05) is 0 Å². The molecule has 0 saturated carbocycles. The summed E-state index contributed by atoms with van der Waals surface area (Å²) in [6, 6.07) is 6.53. The Kier molecular flexibility index (Phi) is 4.42. The normalized spacial score (nSPS) is 10.6. The van der Waals surface area contributed by atoms with E-state index in [1.54, 1.807) is 23.6 Å². The number of carboxylic acid groups (broad SMARTS) is 1. The Morgan fingerprint density at radius 1 is 1.44 bits per heavy atom. The van der Waals surface area contributed by atoms with Crippen LogP contribution in [0.2, 0.25) is 0 Å². The summed E-state index contributed by atoms with van der Waals surface area (Å²) in [4.78, 5) is 11.9. The molecule has 1 N–H and O–H groups in total. The van der Waals surface area contributed by atoms with Crippen LogP contribution in [-0.2, 0) is 5.75 Å². The van der Waals surface area contributed by atoms with Crippen LogP contribution in [0.25, 0.3) is 0 Å². The van der Waals surface area contributed by atoms with Crippen molar-refractivity contribution < 1.29 is 14.3 Å². The molecule has 2 aromatic rings. The highest BCUT2D eigenvalue weighted by molar-refractivity contribution is 9.10. The lowest BCUT2D eigenvalue weighted by Gasteiger charge is -2.02. The average molecular weight is 347 g/mol. The number of halogens is 2. The molecule has 0 aliphatic heterocycles. The van der Waals surface area contributed by atoms with Crippen LogP contribution in [0.1, 0.15) is 15.2 Å². The van der Waals surface area contributed by atoms with E-state index in [0.717, 1.165) is 4.90 Å². The second-order valence-electron chi connectivity index (χ2n) is 3.48. The van der Waals surface area contributed by atoms with Gasteiger partial charge in [0, 0.05) is 20.5 Å². The van der Waals surface area contributed by atoms with Crippen molar-refractivity contribution in [3.8, 4) is 0 Å². The summed E-state index contributed by atoms with van der Waals surface area (Å²) in [6.45, 7) is 0. The number of thiophene rings is 1. The maximum absolute atomic E-state index is 13.6. The zero-order chi connectivity index (χ0) is 13.1. The van der Waals surface area contributed by atoms with Crippen molar-refractivity contribution in [2.45, 2.75) is 10.6 Å². The van der Waals surface area contributed by atoms with Gasteiger partial charge in [0.05, 0.1) is 0 Å². The zero-order valence-electron chi connectivity index (χ0n) is 9.02. The largest absolute Gasteiger partial charge is 0.477 e. The Morgan fingerprint density at radius 3 is 2.83 bits per heavy atom. The summed E-state index contributed by atoms with van der Waals surface area (Å²) < 4.78 is 14.3. The standard InChI is InChI=1S/C12H8BrFO2S2/c13-8-2-1-7(10(14)3-8)5-17-9-4-11(12(15)16)18-6-9/h1-4,6H,5H2,(H,15,16). The zero-order valence-corrected chi connectivity index (χ0v) is 12.2. The minimum atomic E-state index is -0.929. The van der Waals surface area contributed by atoms with Gasteiger partial charge in [-0.25, -0.2) is 9.18 Å². The Bertz CT molecular complexity index is 583. The Labute approximate surface area is 120 Å². The number of benzene rings is 1. The molecular weight excluding hydrogens is 339 g/mol. The molecule has 1 heterocycles. The van der Waals surface area contributed by atoms with E-state index >= 15 is 0 Å². The smallest absolute Gasteiger partial charge is 0.345 e. The highest BCUT2D eigenvalue weighted by Crippen LogP contribution is 2.29. The maximum atomic E-state index is 13.6. The van der Waals surface area contributed by atoms with Crippen molar-refractivity contribution >= 4 is 45.0 Å². The van der Waals surface area contributed by atoms with Crippen molar-refractivity contribution in [2.24, 2.45) is 0 Å². The van der Waals surface area contributed by atoms with Crippen molar-refractivity contribution in [3.05, 3.63) is 50.4 Å². The van der Waals surface area contributed by atoms with Gasteiger partial charge in [-0.05, 0) is 23.8 Å². The molecule has 18 heavy (non-hydrogen) atoms. The third kappa shape index (κ3) is 3.34. The lowest BCUT2D eigenvalue weighted by Crippen LogP contribution is -1.90. The first-order chi connectivity index (χ1) is 8.56. The van der Waals surface area contributed by atoms with Gasteiger partial charge in [0.25, 0.3) is 0 Å². The first kappa shape index (κ1) is 13.6. The molecule has 2 rings (SSSR count). The summed E-state index contributed by atoms with van der Waals surface area (Å²) in [5.41, 5.74) is 0.603. The molecule has 0 atom stereocenters. The molecule has 0 unspecified atom stereocenters. The summed E-state index contributed by atoms with van der Waals surface area (Å²) in [5.74, 6) is -0.707. The molecule has 1 aromatic heterocycles. The quantitative estimate of drug-likeness (QED) is 0.819. The Morgan fingerprint density at radius 2 is 2.22 bits per heavy atom. The molecule has 0 bridgehead atoms. The first-order valence-electron chi connectivity index (χ1n) is 4.95. The van der Waals surface area contributed by atoms with E-state index in [-0.39, 0.29) is 5.82 Å². The van der Waals surface area contributed by atoms with E-state index in [1.807, 2.05) is 0 Å². The second kappa shape index (κ2) is 5.86. The van der Waals surface area contributed by atoms with Gasteiger partial charge in [-0.15, -0.1) is 23.1 Å². The van der Waals surface area contributed by atoms with E-state index in [1.165, 1.54) is 29.2 Å². The number of carbonyl (C=O) groups is 1. The van der Waals surface area contributed by atoms with Crippen molar-refractivity contribution in [1.29, 1.82) is 0 Å². The van der Waals surface area contributed by atoms with Gasteiger partial charge in [0.1, 0.15) is 10.7 Å². The lowest BCUT2D eigenvalue weighted by molar-refractivity contribution is 0.0702.